The summed E-state index contributed by atoms with van der Waals surface area (Å²) in [5.74, 6) is -1.10. The fourth-order valence-electron chi connectivity index (χ4n) is 8.44. The van der Waals surface area contributed by atoms with E-state index < -0.39 is 24.3 Å². The molecule has 0 bridgehead atoms. The summed E-state index contributed by atoms with van der Waals surface area (Å²) in [6.07, 6.45) is 36.2. The maximum absolute atomic E-state index is 13.1. The molecule has 1 heterocycles. The molecule has 0 aromatic rings. The minimum Gasteiger partial charge on any atom is -0.465 e. The van der Waals surface area contributed by atoms with Crippen molar-refractivity contribution in [3.8, 4) is 0 Å². The van der Waals surface area contributed by atoms with E-state index in [-0.39, 0.29) is 63.0 Å². The van der Waals surface area contributed by atoms with Crippen molar-refractivity contribution >= 4 is 24.1 Å². The lowest BCUT2D eigenvalue weighted by Crippen LogP contribution is -2.37. The number of rotatable bonds is 47. The third-order valence-electron chi connectivity index (χ3n) is 12.8. The van der Waals surface area contributed by atoms with Gasteiger partial charge >= 0.3 is 24.1 Å². The van der Waals surface area contributed by atoms with Crippen molar-refractivity contribution in [3.05, 3.63) is 24.3 Å². The molecule has 69 heavy (non-hydrogen) atoms. The molecular weight excluding hydrogens is 875 g/mol. The van der Waals surface area contributed by atoms with E-state index in [1.807, 2.05) is 0 Å². The largest absolute Gasteiger partial charge is 0.508 e. The number of likely N-dealkylation sites (tertiary alicyclic amines) is 1. The van der Waals surface area contributed by atoms with Gasteiger partial charge in [0.15, 0.2) is 6.29 Å². The summed E-state index contributed by atoms with van der Waals surface area (Å²) in [5.41, 5.74) is 0. The summed E-state index contributed by atoms with van der Waals surface area (Å²) in [6.45, 7) is 15.3. The number of hydrogen-bond acceptors (Lipinski definition) is 12. The third-order valence-corrected chi connectivity index (χ3v) is 12.8. The molecule has 0 spiro atoms. The van der Waals surface area contributed by atoms with Gasteiger partial charge < -0.3 is 38.1 Å². The Balaban J connectivity index is 2.61. The number of ether oxygens (including phenoxy) is 7. The number of piperidine rings is 1. The average molecular weight is 978 g/mol. The van der Waals surface area contributed by atoms with E-state index in [4.69, 9.17) is 33.2 Å². The summed E-state index contributed by atoms with van der Waals surface area (Å²) >= 11 is 0. The molecule has 0 amide bonds. The highest BCUT2D eigenvalue weighted by Gasteiger charge is 2.23. The van der Waals surface area contributed by atoms with Gasteiger partial charge in [0.1, 0.15) is 19.8 Å². The molecule has 0 saturated carbocycles. The van der Waals surface area contributed by atoms with E-state index in [2.05, 4.69) is 63.8 Å². The van der Waals surface area contributed by atoms with Crippen LogP contribution in [0.3, 0.4) is 0 Å². The molecule has 3 atom stereocenters. The zero-order chi connectivity index (χ0) is 50.3. The maximum Gasteiger partial charge on any atom is 0.508 e. The van der Waals surface area contributed by atoms with Crippen molar-refractivity contribution in [1.29, 1.82) is 0 Å². The van der Waals surface area contributed by atoms with E-state index >= 15 is 0 Å². The Morgan fingerprint density at radius 3 is 1.68 bits per heavy atom. The minimum absolute atomic E-state index is 0.0123. The van der Waals surface area contributed by atoms with Gasteiger partial charge in [-0.05, 0) is 103 Å². The summed E-state index contributed by atoms with van der Waals surface area (Å²) in [5, 5.41) is 0. The van der Waals surface area contributed by atoms with Crippen molar-refractivity contribution in [3.63, 3.8) is 0 Å². The molecule has 3 unspecified atom stereocenters. The van der Waals surface area contributed by atoms with Crippen LogP contribution in [-0.2, 0) is 47.5 Å². The first-order valence-corrected chi connectivity index (χ1v) is 28.3. The van der Waals surface area contributed by atoms with Crippen LogP contribution in [0.15, 0.2) is 24.3 Å². The molecule has 0 aliphatic carbocycles. The number of nitrogens with zero attached hydrogens (tertiary/aromatic N) is 1. The van der Waals surface area contributed by atoms with E-state index in [0.29, 0.717) is 32.7 Å². The number of allylic oxidation sites excluding steroid dienone is 4. The first kappa shape index (κ1) is 64.1. The second-order valence-electron chi connectivity index (χ2n) is 19.3. The molecule has 402 valence electrons. The Hall–Kier alpha value is -2.96. The lowest BCUT2D eigenvalue weighted by Gasteiger charge is -2.31. The number of unbranched alkanes of at least 4 members (excludes halogenated alkanes) is 16. The molecular formula is C57H103NO11. The average Bonchev–Trinajstić information content (AvgIpc) is 3.36. The van der Waals surface area contributed by atoms with Crippen LogP contribution in [0.4, 0.5) is 4.79 Å². The van der Waals surface area contributed by atoms with Crippen LogP contribution < -0.4 is 0 Å². The highest BCUT2D eigenvalue weighted by molar-refractivity contribution is 5.72. The lowest BCUT2D eigenvalue weighted by molar-refractivity contribution is -0.161. The van der Waals surface area contributed by atoms with Crippen LogP contribution in [0, 0.1) is 17.8 Å². The molecule has 0 aromatic carbocycles. The quantitative estimate of drug-likeness (QED) is 0.0189. The van der Waals surface area contributed by atoms with Crippen LogP contribution in [0.25, 0.3) is 0 Å². The van der Waals surface area contributed by atoms with Crippen molar-refractivity contribution in [1.82, 2.24) is 4.90 Å². The molecule has 1 saturated heterocycles. The second kappa shape index (κ2) is 47.4. The number of esters is 3. The molecule has 12 nitrogen and oxygen atoms in total. The van der Waals surface area contributed by atoms with E-state index in [0.717, 1.165) is 135 Å². The van der Waals surface area contributed by atoms with Gasteiger partial charge in [0.2, 0.25) is 0 Å². The number of carbonyl (C=O) groups excluding carboxylic acids is 4. The van der Waals surface area contributed by atoms with Crippen molar-refractivity contribution in [2.24, 2.45) is 17.8 Å². The molecule has 1 aliphatic rings. The van der Waals surface area contributed by atoms with E-state index in [1.54, 1.807) is 0 Å². The predicted octanol–water partition coefficient (Wildman–Crippen LogP) is 14.2. The molecule has 1 aliphatic heterocycles. The topological polar surface area (TPSA) is 136 Å². The maximum atomic E-state index is 13.1. The molecule has 0 radical (unpaired) electrons. The van der Waals surface area contributed by atoms with Crippen LogP contribution in [0.1, 0.15) is 227 Å². The third kappa shape index (κ3) is 39.4. The highest BCUT2D eigenvalue weighted by atomic mass is 16.7. The molecule has 1 rings (SSSR count). The normalized spacial score (nSPS) is 15.2. The highest BCUT2D eigenvalue weighted by Crippen LogP contribution is 2.22. The monoisotopic (exact) mass is 978 g/mol. The zero-order valence-corrected chi connectivity index (χ0v) is 44.8. The Bertz CT molecular complexity index is 1270. The molecule has 0 N–H and O–H groups in total. The first-order chi connectivity index (χ1) is 33.8. The standard InChI is InChI=1S/C57H103NO11/c1-6-11-15-19-23-29-37-52(36-28-18-14-9-4)56(61)65-44-33-27-22-24-30-38-53(59)66-47-51(49-69-57(62)68-46-50-35-34-41-58(10-5)45-50)48-67-54(60)39-40-55(63-42-31-25-20-16-12-7-2)64-43-32-26-21-17-13-8-3/h12-13,16-17,50-52,55H,6-11,14-15,18-49H2,1-5H3/b16-12-,17-13-. The predicted molar refractivity (Wildman–Crippen MR) is 278 cm³/mol. The van der Waals surface area contributed by atoms with E-state index in [9.17, 15) is 19.2 Å². The van der Waals surface area contributed by atoms with Crippen LogP contribution >= 0.6 is 0 Å². The fourth-order valence-corrected chi connectivity index (χ4v) is 8.44. The van der Waals surface area contributed by atoms with Gasteiger partial charge in [-0.15, -0.1) is 0 Å². The van der Waals surface area contributed by atoms with Crippen molar-refractivity contribution < 1.29 is 52.3 Å². The Morgan fingerprint density at radius 2 is 1.07 bits per heavy atom. The van der Waals surface area contributed by atoms with Gasteiger partial charge in [-0.2, -0.15) is 0 Å². The van der Waals surface area contributed by atoms with Gasteiger partial charge in [0.05, 0.1) is 31.5 Å². The van der Waals surface area contributed by atoms with Gasteiger partial charge in [0, 0.05) is 38.5 Å². The fraction of sp³-hybridized carbons (Fsp3) is 0.860. The van der Waals surface area contributed by atoms with Gasteiger partial charge in [-0.25, -0.2) is 4.79 Å². The number of carbonyl (C=O) groups is 4. The van der Waals surface area contributed by atoms with Crippen LogP contribution in [0.5, 0.6) is 0 Å². The Kier molecular flexibility index (Phi) is 44.0. The molecule has 1 fully saturated rings. The van der Waals surface area contributed by atoms with Crippen LogP contribution in [-0.4, -0.2) is 101 Å². The zero-order valence-electron chi connectivity index (χ0n) is 44.8. The van der Waals surface area contributed by atoms with Gasteiger partial charge in [-0.1, -0.05) is 142 Å². The minimum atomic E-state index is -0.781. The molecule has 0 aromatic heterocycles. The van der Waals surface area contributed by atoms with Crippen molar-refractivity contribution in [2.75, 3.05) is 65.9 Å². The summed E-state index contributed by atoms with van der Waals surface area (Å²) in [7, 11) is 0. The summed E-state index contributed by atoms with van der Waals surface area (Å²) in [4.78, 5) is 53.9. The SMILES string of the molecule is CC/C=C\CCCCOC(CCC(=O)OCC(COC(=O)CCCCCCCOC(=O)C(CCCCCC)CCCCCCCC)COC(=O)OCC1CCCN(CC)C1)OCCCC/C=C\CC. The van der Waals surface area contributed by atoms with E-state index in [1.165, 1.54) is 51.4 Å². The Morgan fingerprint density at radius 1 is 0.536 bits per heavy atom. The summed E-state index contributed by atoms with van der Waals surface area (Å²) in [6, 6.07) is 0. The Labute approximate surface area is 421 Å². The second-order valence-corrected chi connectivity index (χ2v) is 19.3. The van der Waals surface area contributed by atoms with Gasteiger partial charge in [0.25, 0.3) is 0 Å². The smallest absolute Gasteiger partial charge is 0.465 e. The number of hydrogen-bond donors (Lipinski definition) is 0. The summed E-state index contributed by atoms with van der Waals surface area (Å²) < 4.78 is 40.2. The van der Waals surface area contributed by atoms with Crippen LogP contribution in [0.2, 0.25) is 0 Å². The lowest BCUT2D eigenvalue weighted by atomic mass is 9.94. The van der Waals surface area contributed by atoms with Gasteiger partial charge in [-0.3, -0.25) is 14.4 Å². The van der Waals surface area contributed by atoms with Crippen molar-refractivity contribution in [2.45, 2.75) is 234 Å². The first-order valence-electron chi connectivity index (χ1n) is 28.3. The molecule has 12 heteroatoms.